The van der Waals surface area contributed by atoms with Crippen LogP contribution >= 0.6 is 11.3 Å². The number of aliphatic carboxylic acids is 1. The van der Waals surface area contributed by atoms with Gasteiger partial charge in [0.05, 0.1) is 5.56 Å². The summed E-state index contributed by atoms with van der Waals surface area (Å²) in [7, 11) is 0. The maximum Gasteiger partial charge on any atom is 0.416 e. The number of aromatic carboxylic acids is 1. The zero-order chi connectivity index (χ0) is 24.3. The van der Waals surface area contributed by atoms with E-state index in [1.165, 1.54) is 13.0 Å². The molecule has 1 atom stereocenters. The highest BCUT2D eigenvalue weighted by Gasteiger charge is 2.30. The first-order valence-corrected chi connectivity index (χ1v) is 10.6. The van der Waals surface area contributed by atoms with Crippen LogP contribution in [0.2, 0.25) is 0 Å². The molecule has 3 N–H and O–H groups in total. The van der Waals surface area contributed by atoms with Gasteiger partial charge in [0.1, 0.15) is 5.75 Å². The lowest BCUT2D eigenvalue weighted by Gasteiger charge is -2.12. The van der Waals surface area contributed by atoms with E-state index < -0.39 is 29.8 Å². The van der Waals surface area contributed by atoms with E-state index in [-0.39, 0.29) is 17.2 Å². The van der Waals surface area contributed by atoms with E-state index in [0.717, 1.165) is 23.5 Å². The summed E-state index contributed by atoms with van der Waals surface area (Å²) in [5, 5.41) is 21.7. The summed E-state index contributed by atoms with van der Waals surface area (Å²) in [6.07, 6.45) is -5.66. The van der Waals surface area contributed by atoms with Crippen molar-refractivity contribution in [1.82, 2.24) is 0 Å². The second kappa shape index (κ2) is 9.53. The predicted molar refractivity (Wildman–Crippen MR) is 118 cm³/mol. The molecule has 0 radical (unpaired) electrons. The van der Waals surface area contributed by atoms with Crippen LogP contribution in [0.25, 0.3) is 10.4 Å². The van der Waals surface area contributed by atoms with Gasteiger partial charge in [-0.2, -0.15) is 13.2 Å². The lowest BCUT2D eigenvalue weighted by Crippen LogP contribution is -2.23. The zero-order valence-electron chi connectivity index (χ0n) is 17.6. The molecule has 0 spiro atoms. The lowest BCUT2D eigenvalue weighted by atomic mass is 10.1. The van der Waals surface area contributed by atoms with Crippen LogP contribution in [-0.2, 0) is 17.5 Å². The number of hydrogen-bond donors (Lipinski definition) is 3. The first-order chi connectivity index (χ1) is 15.5. The number of nitrogens with one attached hydrogen (secondary N) is 1. The molecule has 0 amide bonds. The quantitative estimate of drug-likeness (QED) is 0.372. The standard InChI is InChI=1S/C23H20F3NO5S/c1-12-18(32-13(2)21(28)29)20(22(30)31)33-19(12)15-6-4-8-17(10-15)27-11-14-5-3-7-16(9-14)23(24,25)26/h3-10,13,27H,11H2,1-2H3,(H,28,29)(H,30,31). The zero-order valence-corrected chi connectivity index (χ0v) is 18.4. The minimum atomic E-state index is -4.42. The van der Waals surface area contributed by atoms with E-state index in [4.69, 9.17) is 9.84 Å². The van der Waals surface area contributed by atoms with Crippen LogP contribution in [0.15, 0.2) is 48.5 Å². The van der Waals surface area contributed by atoms with Crippen molar-refractivity contribution in [3.63, 3.8) is 0 Å². The molecule has 174 valence electrons. The van der Waals surface area contributed by atoms with Gasteiger partial charge in [-0.1, -0.05) is 24.3 Å². The van der Waals surface area contributed by atoms with Crippen molar-refractivity contribution >= 4 is 29.0 Å². The molecular formula is C23H20F3NO5S. The maximum absolute atomic E-state index is 12.9. The summed E-state index contributed by atoms with van der Waals surface area (Å²) in [6.45, 7) is 3.11. The van der Waals surface area contributed by atoms with Gasteiger partial charge in [-0.15, -0.1) is 11.3 Å². The van der Waals surface area contributed by atoms with Gasteiger partial charge in [0.15, 0.2) is 11.0 Å². The number of thiophene rings is 1. The van der Waals surface area contributed by atoms with Crippen LogP contribution < -0.4 is 10.1 Å². The Morgan fingerprint density at radius 3 is 2.45 bits per heavy atom. The third-order valence-corrected chi connectivity index (χ3v) is 6.11. The average Bonchev–Trinajstić information content (AvgIpc) is 3.08. The van der Waals surface area contributed by atoms with Crippen LogP contribution in [0, 0.1) is 6.92 Å². The second-order valence-corrected chi connectivity index (χ2v) is 8.27. The van der Waals surface area contributed by atoms with Crippen LogP contribution in [0.3, 0.4) is 0 Å². The fraction of sp³-hybridized carbons (Fsp3) is 0.217. The number of anilines is 1. The maximum atomic E-state index is 12.9. The summed E-state index contributed by atoms with van der Waals surface area (Å²) in [5.41, 5.74) is 1.49. The summed E-state index contributed by atoms with van der Waals surface area (Å²) < 4.78 is 44.2. The van der Waals surface area contributed by atoms with E-state index in [1.54, 1.807) is 37.3 Å². The van der Waals surface area contributed by atoms with Gasteiger partial charge in [0.25, 0.3) is 0 Å². The highest BCUT2D eigenvalue weighted by Crippen LogP contribution is 2.42. The minimum Gasteiger partial charge on any atom is -0.479 e. The number of benzene rings is 2. The summed E-state index contributed by atoms with van der Waals surface area (Å²) in [4.78, 5) is 23.3. The van der Waals surface area contributed by atoms with Crippen LogP contribution in [0.1, 0.15) is 33.3 Å². The summed E-state index contributed by atoms with van der Waals surface area (Å²) >= 11 is 0.959. The summed E-state index contributed by atoms with van der Waals surface area (Å²) in [5.74, 6) is -2.46. The van der Waals surface area contributed by atoms with Gasteiger partial charge in [-0.25, -0.2) is 9.59 Å². The van der Waals surface area contributed by atoms with Crippen molar-refractivity contribution in [2.45, 2.75) is 32.7 Å². The van der Waals surface area contributed by atoms with Crippen molar-refractivity contribution in [3.8, 4) is 16.2 Å². The molecule has 1 heterocycles. The molecule has 1 aromatic heterocycles. The third kappa shape index (κ3) is 5.64. The Bertz CT molecular complexity index is 1190. The monoisotopic (exact) mass is 479 g/mol. The Morgan fingerprint density at radius 1 is 1.12 bits per heavy atom. The van der Waals surface area contributed by atoms with Gasteiger partial charge in [0, 0.05) is 22.7 Å². The largest absolute Gasteiger partial charge is 0.479 e. The number of ether oxygens (including phenoxy) is 1. The van der Waals surface area contributed by atoms with Gasteiger partial charge < -0.3 is 20.3 Å². The molecular weight excluding hydrogens is 459 g/mol. The van der Waals surface area contributed by atoms with Crippen LogP contribution in [-0.4, -0.2) is 28.3 Å². The van der Waals surface area contributed by atoms with Gasteiger partial charge in [-0.05, 0) is 49.2 Å². The molecule has 3 aromatic rings. The Hall–Kier alpha value is -3.53. The lowest BCUT2D eigenvalue weighted by molar-refractivity contribution is -0.144. The minimum absolute atomic E-state index is 0.000252. The van der Waals surface area contributed by atoms with E-state index in [2.05, 4.69) is 5.32 Å². The Balaban J connectivity index is 1.86. The fourth-order valence-electron chi connectivity index (χ4n) is 3.12. The molecule has 0 fully saturated rings. The molecule has 10 heteroatoms. The van der Waals surface area contributed by atoms with E-state index in [0.29, 0.717) is 27.3 Å². The number of halogens is 3. The number of carboxylic acid groups (broad SMARTS) is 2. The van der Waals surface area contributed by atoms with Gasteiger partial charge >= 0.3 is 18.1 Å². The number of carbonyl (C=O) groups is 2. The normalized spacial score (nSPS) is 12.3. The summed E-state index contributed by atoms with van der Waals surface area (Å²) in [6, 6.07) is 12.0. The van der Waals surface area contributed by atoms with Crippen LogP contribution in [0.5, 0.6) is 5.75 Å². The first-order valence-electron chi connectivity index (χ1n) is 9.74. The Labute approximate surface area is 191 Å². The smallest absolute Gasteiger partial charge is 0.416 e. The van der Waals surface area contributed by atoms with E-state index in [9.17, 15) is 27.9 Å². The number of rotatable bonds is 8. The SMILES string of the molecule is Cc1c(-c2cccc(NCc3cccc(C(F)(F)F)c3)c2)sc(C(=O)O)c1OC(C)C(=O)O. The highest BCUT2D eigenvalue weighted by molar-refractivity contribution is 7.18. The molecule has 0 saturated carbocycles. The van der Waals surface area contributed by atoms with Gasteiger partial charge in [-0.3, -0.25) is 0 Å². The number of carboxylic acids is 2. The van der Waals surface area contributed by atoms with Crippen molar-refractivity contribution in [3.05, 3.63) is 70.1 Å². The molecule has 33 heavy (non-hydrogen) atoms. The topological polar surface area (TPSA) is 95.9 Å². The van der Waals surface area contributed by atoms with E-state index in [1.807, 2.05) is 0 Å². The first kappa shape index (κ1) is 24.1. The molecule has 0 aliphatic carbocycles. The molecule has 0 saturated heterocycles. The number of alkyl halides is 3. The van der Waals surface area contributed by atoms with Gasteiger partial charge in [0.2, 0.25) is 0 Å². The average molecular weight is 479 g/mol. The third-order valence-electron chi connectivity index (χ3n) is 4.80. The molecule has 0 aliphatic rings. The molecule has 0 aliphatic heterocycles. The molecule has 3 rings (SSSR count). The molecule has 0 bridgehead atoms. The van der Waals surface area contributed by atoms with Crippen LogP contribution in [0.4, 0.5) is 18.9 Å². The highest BCUT2D eigenvalue weighted by atomic mass is 32.1. The predicted octanol–water partition coefficient (Wildman–Crippen LogP) is 5.90. The van der Waals surface area contributed by atoms with Crippen molar-refractivity contribution in [1.29, 1.82) is 0 Å². The fourth-order valence-corrected chi connectivity index (χ4v) is 4.19. The molecule has 2 aromatic carbocycles. The Morgan fingerprint density at radius 2 is 1.82 bits per heavy atom. The second-order valence-electron chi connectivity index (χ2n) is 7.25. The Kier molecular flexibility index (Phi) is 6.97. The number of hydrogen-bond acceptors (Lipinski definition) is 5. The van der Waals surface area contributed by atoms with Crippen molar-refractivity contribution in [2.24, 2.45) is 0 Å². The van der Waals surface area contributed by atoms with Crippen molar-refractivity contribution in [2.75, 3.05) is 5.32 Å². The van der Waals surface area contributed by atoms with Crippen molar-refractivity contribution < 1.29 is 37.7 Å². The molecule has 1 unspecified atom stereocenters. The molecule has 6 nitrogen and oxygen atoms in total. The van der Waals surface area contributed by atoms with E-state index >= 15 is 0 Å².